The summed E-state index contributed by atoms with van der Waals surface area (Å²) in [5, 5.41) is 0.174. The van der Waals surface area contributed by atoms with Gasteiger partial charge in [0.2, 0.25) is 0 Å². The molecular formula is C26H30OS. The predicted octanol–water partition coefficient (Wildman–Crippen LogP) is 7.63. The standard InChI is InChI=1S/C26H30OS/c1-7-22(20-15-11-9-12-16-20)24(28-25(27)19(3)26(4,5)6)23(8-2)21-17-13-10-14-18-21/h7-19H,1H2,2-6H3/b23-8-,24-22-. The quantitative estimate of drug-likeness (QED) is 0.472. The Balaban J connectivity index is 2.63. The van der Waals surface area contributed by atoms with Gasteiger partial charge in [-0.25, -0.2) is 0 Å². The number of thioether (sulfide) groups is 1. The van der Waals surface area contributed by atoms with Crippen LogP contribution in [-0.4, -0.2) is 5.12 Å². The molecular weight excluding hydrogens is 360 g/mol. The maximum atomic E-state index is 13.2. The first-order chi connectivity index (χ1) is 13.3. The molecule has 0 radical (unpaired) electrons. The molecule has 0 aliphatic rings. The summed E-state index contributed by atoms with van der Waals surface area (Å²) in [7, 11) is 0. The molecule has 1 nitrogen and oxygen atoms in total. The lowest BCUT2D eigenvalue weighted by Gasteiger charge is -2.26. The summed E-state index contributed by atoms with van der Waals surface area (Å²) in [5.41, 5.74) is 4.11. The van der Waals surface area contributed by atoms with Gasteiger partial charge in [-0.05, 0) is 34.6 Å². The number of rotatable bonds is 6. The van der Waals surface area contributed by atoms with Gasteiger partial charge in [-0.15, -0.1) is 0 Å². The zero-order chi connectivity index (χ0) is 20.7. The van der Waals surface area contributed by atoms with Gasteiger partial charge in [0.25, 0.3) is 0 Å². The average Bonchev–Trinajstić information content (AvgIpc) is 2.69. The van der Waals surface area contributed by atoms with E-state index in [9.17, 15) is 4.79 Å². The number of allylic oxidation sites excluding steroid dienone is 4. The van der Waals surface area contributed by atoms with Crippen molar-refractivity contribution in [1.29, 1.82) is 0 Å². The summed E-state index contributed by atoms with van der Waals surface area (Å²) in [4.78, 5) is 14.1. The first-order valence-electron chi connectivity index (χ1n) is 9.65. The second kappa shape index (κ2) is 9.75. The van der Waals surface area contributed by atoms with Gasteiger partial charge in [0.15, 0.2) is 5.12 Å². The van der Waals surface area contributed by atoms with Gasteiger partial charge in [0.05, 0.1) is 0 Å². The van der Waals surface area contributed by atoms with Crippen LogP contribution in [0.3, 0.4) is 0 Å². The highest BCUT2D eigenvalue weighted by Gasteiger charge is 2.29. The maximum Gasteiger partial charge on any atom is 0.197 e. The first-order valence-corrected chi connectivity index (χ1v) is 10.5. The van der Waals surface area contributed by atoms with E-state index >= 15 is 0 Å². The van der Waals surface area contributed by atoms with Crippen LogP contribution in [0.25, 0.3) is 11.1 Å². The molecule has 2 rings (SSSR count). The lowest BCUT2D eigenvalue weighted by atomic mass is 9.83. The molecule has 146 valence electrons. The molecule has 2 aromatic rings. The molecule has 1 unspecified atom stereocenters. The Morgan fingerprint density at radius 2 is 1.46 bits per heavy atom. The third-order valence-corrected chi connectivity index (χ3v) is 6.21. The van der Waals surface area contributed by atoms with E-state index in [2.05, 4.69) is 57.7 Å². The molecule has 0 amide bonds. The summed E-state index contributed by atoms with van der Waals surface area (Å²) >= 11 is 1.34. The molecule has 2 heteroatoms. The van der Waals surface area contributed by atoms with Gasteiger partial charge in [0.1, 0.15) is 0 Å². The summed E-state index contributed by atoms with van der Waals surface area (Å²) in [6.45, 7) is 14.4. The number of hydrogen-bond donors (Lipinski definition) is 0. The highest BCUT2D eigenvalue weighted by atomic mass is 32.2. The molecule has 0 N–H and O–H groups in total. The molecule has 1 atom stereocenters. The van der Waals surface area contributed by atoms with Crippen molar-refractivity contribution in [3.63, 3.8) is 0 Å². The van der Waals surface area contributed by atoms with E-state index in [1.54, 1.807) is 0 Å². The molecule has 0 fully saturated rings. The molecule has 0 heterocycles. The number of benzene rings is 2. The van der Waals surface area contributed by atoms with Crippen molar-refractivity contribution in [3.05, 3.63) is 95.4 Å². The molecule has 28 heavy (non-hydrogen) atoms. The van der Waals surface area contributed by atoms with Crippen LogP contribution >= 0.6 is 11.8 Å². The van der Waals surface area contributed by atoms with Crippen LogP contribution in [0, 0.1) is 11.3 Å². The number of carbonyl (C=O) groups excluding carboxylic acids is 1. The Bertz CT molecular complexity index is 868. The van der Waals surface area contributed by atoms with E-state index in [-0.39, 0.29) is 16.4 Å². The fourth-order valence-corrected chi connectivity index (χ4v) is 4.19. The molecule has 0 saturated carbocycles. The van der Waals surface area contributed by atoms with Gasteiger partial charge in [0, 0.05) is 10.8 Å². The van der Waals surface area contributed by atoms with Crippen molar-refractivity contribution >= 4 is 28.0 Å². The van der Waals surface area contributed by atoms with Crippen molar-refractivity contribution in [2.45, 2.75) is 34.6 Å². The topological polar surface area (TPSA) is 17.1 Å². The Labute approximate surface area is 174 Å². The van der Waals surface area contributed by atoms with E-state index in [1.165, 1.54) is 11.8 Å². The number of carbonyl (C=O) groups is 1. The van der Waals surface area contributed by atoms with Gasteiger partial charge < -0.3 is 0 Å². The fraction of sp³-hybridized carbons (Fsp3) is 0.269. The van der Waals surface area contributed by atoms with E-state index in [1.807, 2.05) is 56.3 Å². The van der Waals surface area contributed by atoms with Crippen LogP contribution in [-0.2, 0) is 4.79 Å². The predicted molar refractivity (Wildman–Crippen MR) is 125 cm³/mol. The van der Waals surface area contributed by atoms with E-state index in [0.29, 0.717) is 0 Å². The van der Waals surface area contributed by atoms with Gasteiger partial charge in [-0.1, -0.05) is 119 Å². The van der Waals surface area contributed by atoms with E-state index < -0.39 is 0 Å². The van der Waals surface area contributed by atoms with Crippen molar-refractivity contribution in [3.8, 4) is 0 Å². The first kappa shape index (κ1) is 22.0. The van der Waals surface area contributed by atoms with Crippen LogP contribution in [0.2, 0.25) is 0 Å². The molecule has 0 saturated heterocycles. The lowest BCUT2D eigenvalue weighted by molar-refractivity contribution is -0.116. The second-order valence-corrected chi connectivity index (χ2v) is 8.90. The van der Waals surface area contributed by atoms with Gasteiger partial charge in [-0.3, -0.25) is 4.79 Å². The van der Waals surface area contributed by atoms with Crippen molar-refractivity contribution < 1.29 is 4.79 Å². The minimum absolute atomic E-state index is 0.0665. The molecule has 0 spiro atoms. The van der Waals surface area contributed by atoms with Crippen LogP contribution in [0.5, 0.6) is 0 Å². The average molecular weight is 391 g/mol. The molecule has 0 aromatic heterocycles. The van der Waals surface area contributed by atoms with Gasteiger partial charge in [-0.2, -0.15) is 0 Å². The monoisotopic (exact) mass is 390 g/mol. The maximum absolute atomic E-state index is 13.2. The molecule has 0 bridgehead atoms. The van der Waals surface area contributed by atoms with E-state index in [0.717, 1.165) is 27.2 Å². The second-order valence-electron chi connectivity index (χ2n) is 7.89. The van der Waals surface area contributed by atoms with Crippen molar-refractivity contribution in [2.75, 3.05) is 0 Å². The highest BCUT2D eigenvalue weighted by molar-refractivity contribution is 8.17. The van der Waals surface area contributed by atoms with Crippen molar-refractivity contribution in [1.82, 2.24) is 0 Å². The Morgan fingerprint density at radius 1 is 0.964 bits per heavy atom. The third kappa shape index (κ3) is 5.36. The smallest absolute Gasteiger partial charge is 0.197 e. The lowest BCUT2D eigenvalue weighted by Crippen LogP contribution is -2.24. The molecule has 0 aliphatic carbocycles. The zero-order valence-electron chi connectivity index (χ0n) is 17.5. The number of hydrogen-bond acceptors (Lipinski definition) is 2. The Kier molecular flexibility index (Phi) is 7.65. The Morgan fingerprint density at radius 3 is 1.89 bits per heavy atom. The summed E-state index contributed by atoms with van der Waals surface area (Å²) < 4.78 is 0. The third-order valence-electron chi connectivity index (χ3n) is 5.01. The molecule has 0 aliphatic heterocycles. The normalized spacial score (nSPS) is 14.2. The Hall–Kier alpha value is -2.32. The zero-order valence-corrected chi connectivity index (χ0v) is 18.3. The minimum Gasteiger partial charge on any atom is -0.287 e. The van der Waals surface area contributed by atoms with Crippen LogP contribution in [0.4, 0.5) is 0 Å². The summed E-state index contributed by atoms with van der Waals surface area (Å²) in [6, 6.07) is 20.4. The van der Waals surface area contributed by atoms with Gasteiger partial charge >= 0.3 is 0 Å². The minimum atomic E-state index is -0.0842. The summed E-state index contributed by atoms with van der Waals surface area (Å²) in [5.74, 6) is -0.0665. The largest absolute Gasteiger partial charge is 0.287 e. The van der Waals surface area contributed by atoms with Crippen LogP contribution in [0.1, 0.15) is 45.7 Å². The van der Waals surface area contributed by atoms with Crippen LogP contribution in [0.15, 0.2) is 84.3 Å². The van der Waals surface area contributed by atoms with Crippen molar-refractivity contribution in [2.24, 2.45) is 11.3 Å². The van der Waals surface area contributed by atoms with Crippen LogP contribution < -0.4 is 0 Å². The van der Waals surface area contributed by atoms with E-state index in [4.69, 9.17) is 0 Å². The SMILES string of the molecule is C=C/C(=C(SC(=O)C(C)C(C)(C)C)\C(=C/C)c1ccccc1)c1ccccc1. The molecule has 2 aromatic carbocycles. The fourth-order valence-electron chi connectivity index (χ4n) is 2.80. The summed E-state index contributed by atoms with van der Waals surface area (Å²) in [6.07, 6.45) is 3.94. The highest BCUT2D eigenvalue weighted by Crippen LogP contribution is 2.42.